The van der Waals surface area contributed by atoms with Crippen LogP contribution in [0.2, 0.25) is 0 Å². The van der Waals surface area contributed by atoms with Gasteiger partial charge in [0.25, 0.3) is 0 Å². The van der Waals surface area contributed by atoms with Gasteiger partial charge >= 0.3 is 0 Å². The molecule has 3 nitrogen and oxygen atoms in total. The Kier molecular flexibility index (Phi) is 5.12. The molecule has 1 atom stereocenters. The van der Waals surface area contributed by atoms with Gasteiger partial charge < -0.3 is 4.55 Å². The number of benzene rings is 2. The highest BCUT2D eigenvalue weighted by Gasteiger charge is 2.19. The van der Waals surface area contributed by atoms with Crippen LogP contribution in [0.5, 0.6) is 0 Å². The molecule has 128 valence electrons. The van der Waals surface area contributed by atoms with E-state index in [-0.39, 0.29) is 11.3 Å². The van der Waals surface area contributed by atoms with Crippen molar-refractivity contribution in [2.24, 2.45) is 0 Å². The monoisotopic (exact) mass is 354 g/mol. The average molecular weight is 354 g/mol. The summed E-state index contributed by atoms with van der Waals surface area (Å²) in [7, 11) is 0. The number of rotatable bonds is 4. The van der Waals surface area contributed by atoms with Crippen LogP contribution in [-0.4, -0.2) is 8.76 Å². The smallest absolute Gasteiger partial charge is 0.127 e. The third kappa shape index (κ3) is 3.71. The predicted molar refractivity (Wildman–Crippen MR) is 95.6 cm³/mol. The molecule has 2 aromatic rings. The molecule has 3 rings (SSSR count). The van der Waals surface area contributed by atoms with E-state index in [0.29, 0.717) is 5.56 Å². The van der Waals surface area contributed by atoms with Crippen molar-refractivity contribution in [1.82, 2.24) is 0 Å². The highest BCUT2D eigenvalue weighted by molar-refractivity contribution is 7.78. The Morgan fingerprint density at radius 3 is 2.36 bits per heavy atom. The van der Waals surface area contributed by atoms with Gasteiger partial charge in [0.1, 0.15) is 5.82 Å². The molecule has 0 aromatic heterocycles. The maximum atomic E-state index is 14.2. The number of nitrogens with zero attached hydrogens (tertiary/aromatic N) is 1. The molecule has 1 unspecified atom stereocenters. The first-order valence-electron chi connectivity index (χ1n) is 8.07. The molecule has 0 amide bonds. The van der Waals surface area contributed by atoms with Crippen LogP contribution >= 0.6 is 0 Å². The van der Waals surface area contributed by atoms with Crippen LogP contribution in [0, 0.1) is 24.1 Å². The van der Waals surface area contributed by atoms with Crippen molar-refractivity contribution < 1.29 is 13.2 Å². The SMILES string of the molecule is Cc1cc(C2=C(c3ccc(CS(=O)[O-])c(F)c3)CCC2)ccc1C#N. The second-order valence-electron chi connectivity index (χ2n) is 6.21. The molecule has 1 aliphatic carbocycles. The van der Waals surface area contributed by atoms with Crippen molar-refractivity contribution in [3.63, 3.8) is 0 Å². The molecule has 25 heavy (non-hydrogen) atoms. The molecule has 0 bridgehead atoms. The molecule has 0 fully saturated rings. The van der Waals surface area contributed by atoms with Crippen molar-refractivity contribution >= 4 is 22.2 Å². The zero-order valence-corrected chi connectivity index (χ0v) is 14.7. The fourth-order valence-corrected chi connectivity index (χ4v) is 3.82. The molecule has 2 aromatic carbocycles. The van der Waals surface area contributed by atoms with Gasteiger partial charge in [0.2, 0.25) is 0 Å². The molecule has 0 spiro atoms. The van der Waals surface area contributed by atoms with Gasteiger partial charge in [-0.1, -0.05) is 35.3 Å². The Bertz CT molecular complexity index is 928. The summed E-state index contributed by atoms with van der Waals surface area (Å²) in [6, 6.07) is 12.7. The molecular weight excluding hydrogens is 337 g/mol. The lowest BCUT2D eigenvalue weighted by Crippen LogP contribution is -1.98. The van der Waals surface area contributed by atoms with Crippen molar-refractivity contribution in [2.75, 3.05) is 0 Å². The van der Waals surface area contributed by atoms with Gasteiger partial charge in [-0.3, -0.25) is 4.21 Å². The average Bonchev–Trinajstić information content (AvgIpc) is 3.06. The molecule has 5 heteroatoms. The van der Waals surface area contributed by atoms with Crippen LogP contribution < -0.4 is 0 Å². The number of allylic oxidation sites excluding steroid dienone is 2. The van der Waals surface area contributed by atoms with Crippen LogP contribution in [0.4, 0.5) is 4.39 Å². The standard InChI is InChI=1S/C20H18FNO2S/c1-13-9-14(5-7-16(13)11-22)18-3-2-4-19(18)15-6-8-17(12-25(23)24)20(21)10-15/h5-10H,2-4,12H2,1H3,(H,23,24)/p-1. The van der Waals surface area contributed by atoms with Gasteiger partial charge in [-0.05, 0) is 71.7 Å². The topological polar surface area (TPSA) is 63.9 Å². The lowest BCUT2D eigenvalue weighted by molar-refractivity contribution is 0.533. The Labute approximate surface area is 149 Å². The van der Waals surface area contributed by atoms with Gasteiger partial charge in [-0.25, -0.2) is 4.39 Å². The normalized spacial score (nSPS) is 15.3. The first-order valence-corrected chi connectivity index (χ1v) is 9.32. The van der Waals surface area contributed by atoms with Crippen LogP contribution in [0.15, 0.2) is 36.4 Å². The minimum atomic E-state index is -2.31. The van der Waals surface area contributed by atoms with E-state index >= 15 is 0 Å². The van der Waals surface area contributed by atoms with E-state index in [9.17, 15) is 13.2 Å². The van der Waals surface area contributed by atoms with Crippen molar-refractivity contribution in [1.29, 1.82) is 5.26 Å². The molecular formula is C20H17FNO2S-. The summed E-state index contributed by atoms with van der Waals surface area (Å²) in [5, 5.41) is 9.08. The maximum Gasteiger partial charge on any atom is 0.127 e. The van der Waals surface area contributed by atoms with Gasteiger partial charge in [0, 0.05) is 5.75 Å². The fraction of sp³-hybridized carbons (Fsp3) is 0.250. The van der Waals surface area contributed by atoms with Crippen LogP contribution in [0.3, 0.4) is 0 Å². The Balaban J connectivity index is 2.01. The van der Waals surface area contributed by atoms with Crippen LogP contribution in [0.25, 0.3) is 11.1 Å². The highest BCUT2D eigenvalue weighted by Crippen LogP contribution is 2.40. The Morgan fingerprint density at radius 1 is 1.16 bits per heavy atom. The first-order chi connectivity index (χ1) is 12.0. The maximum absolute atomic E-state index is 14.2. The summed E-state index contributed by atoms with van der Waals surface area (Å²) >= 11 is -2.31. The van der Waals surface area contributed by atoms with E-state index in [4.69, 9.17) is 5.26 Å². The van der Waals surface area contributed by atoms with Gasteiger partial charge in [-0.15, -0.1) is 0 Å². The number of aryl methyl sites for hydroxylation is 1. The van der Waals surface area contributed by atoms with Gasteiger partial charge in [0.15, 0.2) is 0 Å². The largest absolute Gasteiger partial charge is 0.772 e. The first kappa shape index (κ1) is 17.5. The zero-order chi connectivity index (χ0) is 18.0. The van der Waals surface area contributed by atoms with Gasteiger partial charge in [0.05, 0.1) is 11.6 Å². The van der Waals surface area contributed by atoms with E-state index in [0.717, 1.165) is 41.5 Å². The zero-order valence-electron chi connectivity index (χ0n) is 13.8. The minimum Gasteiger partial charge on any atom is -0.772 e. The third-order valence-electron chi connectivity index (χ3n) is 4.59. The van der Waals surface area contributed by atoms with Crippen molar-refractivity contribution in [2.45, 2.75) is 31.9 Å². The Morgan fingerprint density at radius 2 is 1.80 bits per heavy atom. The summed E-state index contributed by atoms with van der Waals surface area (Å²) in [5.74, 6) is -0.802. The highest BCUT2D eigenvalue weighted by atomic mass is 32.2. The predicted octanol–water partition coefficient (Wildman–Crippen LogP) is 4.48. The molecule has 0 radical (unpaired) electrons. The fourth-order valence-electron chi connectivity index (χ4n) is 3.34. The van der Waals surface area contributed by atoms with E-state index < -0.39 is 16.9 Å². The lowest BCUT2D eigenvalue weighted by atomic mass is 9.94. The molecule has 0 heterocycles. The molecule has 0 N–H and O–H groups in total. The van der Waals surface area contributed by atoms with E-state index in [2.05, 4.69) is 6.07 Å². The summed E-state index contributed by atoms with van der Waals surface area (Å²) in [4.78, 5) is 0. The summed E-state index contributed by atoms with van der Waals surface area (Å²) in [5.41, 5.74) is 5.90. The van der Waals surface area contributed by atoms with E-state index in [1.165, 1.54) is 11.6 Å². The van der Waals surface area contributed by atoms with Crippen molar-refractivity contribution in [3.8, 4) is 6.07 Å². The molecule has 0 aliphatic heterocycles. The summed E-state index contributed by atoms with van der Waals surface area (Å²) < 4.78 is 35.8. The summed E-state index contributed by atoms with van der Waals surface area (Å²) in [6.45, 7) is 1.91. The Hall–Kier alpha value is -2.29. The second kappa shape index (κ2) is 7.30. The molecule has 0 saturated carbocycles. The third-order valence-corrected chi connectivity index (χ3v) is 5.13. The van der Waals surface area contributed by atoms with Gasteiger partial charge in [-0.2, -0.15) is 5.26 Å². The quantitative estimate of drug-likeness (QED) is 0.761. The summed E-state index contributed by atoms with van der Waals surface area (Å²) in [6.07, 6.45) is 2.77. The molecule has 1 aliphatic rings. The molecule has 0 saturated heterocycles. The number of hydrogen-bond acceptors (Lipinski definition) is 3. The van der Waals surface area contributed by atoms with E-state index in [1.807, 2.05) is 25.1 Å². The number of halogens is 1. The lowest BCUT2D eigenvalue weighted by Gasteiger charge is -2.12. The minimum absolute atomic E-state index is 0.187. The van der Waals surface area contributed by atoms with E-state index in [1.54, 1.807) is 12.1 Å². The number of hydrogen-bond donors (Lipinski definition) is 0. The number of nitriles is 1. The van der Waals surface area contributed by atoms with Crippen molar-refractivity contribution in [3.05, 3.63) is 70.0 Å². The van der Waals surface area contributed by atoms with Crippen LogP contribution in [-0.2, 0) is 16.8 Å². The van der Waals surface area contributed by atoms with Crippen LogP contribution in [0.1, 0.15) is 47.1 Å². The second-order valence-corrected chi connectivity index (χ2v) is 7.10.